The van der Waals surface area contributed by atoms with Crippen LogP contribution in [0.5, 0.6) is 0 Å². The van der Waals surface area contributed by atoms with E-state index in [2.05, 4.69) is 22.3 Å². The van der Waals surface area contributed by atoms with Crippen LogP contribution in [-0.4, -0.2) is 46.6 Å². The average Bonchev–Trinajstić information content (AvgIpc) is 2.82. The maximum Gasteiger partial charge on any atom is 0.102 e. The third kappa shape index (κ3) is 3.20. The first-order chi connectivity index (χ1) is 9.19. The van der Waals surface area contributed by atoms with E-state index in [-0.39, 0.29) is 12.2 Å². The van der Waals surface area contributed by atoms with E-state index in [0.717, 1.165) is 30.3 Å². The smallest absolute Gasteiger partial charge is 0.102 e. The summed E-state index contributed by atoms with van der Waals surface area (Å²) in [6.07, 6.45) is 0.191. The predicted octanol–water partition coefficient (Wildman–Crippen LogP) is 1.91. The van der Waals surface area contributed by atoms with Gasteiger partial charge in [0.25, 0.3) is 0 Å². The van der Waals surface area contributed by atoms with Crippen molar-refractivity contribution in [2.45, 2.75) is 18.8 Å². The second-order valence-corrected chi connectivity index (χ2v) is 5.18. The molecule has 2 atom stereocenters. The molecule has 0 spiro atoms. The van der Waals surface area contributed by atoms with Crippen molar-refractivity contribution < 1.29 is 9.47 Å². The topological polar surface area (TPSA) is 33.7 Å². The molecular weight excluding hydrogens is 264 g/mol. The summed E-state index contributed by atoms with van der Waals surface area (Å²) in [5, 5.41) is 3.90. The molecule has 0 saturated carbocycles. The van der Waals surface area contributed by atoms with Gasteiger partial charge >= 0.3 is 0 Å². The van der Waals surface area contributed by atoms with E-state index in [1.807, 2.05) is 13.1 Å². The quantitative estimate of drug-likeness (QED) is 0.896. The molecule has 1 aromatic rings. The normalized spacial score (nSPS) is 23.1. The molecule has 0 bridgehead atoms. The van der Waals surface area contributed by atoms with Crippen molar-refractivity contribution >= 4 is 17.3 Å². The Bertz CT molecular complexity index is 416. The van der Waals surface area contributed by atoms with Crippen LogP contribution in [0.15, 0.2) is 18.2 Å². The molecule has 0 aromatic heterocycles. The summed E-state index contributed by atoms with van der Waals surface area (Å²) in [6.45, 7) is 2.43. The molecule has 1 heterocycles. The van der Waals surface area contributed by atoms with Crippen molar-refractivity contribution in [3.8, 4) is 0 Å². The fourth-order valence-corrected chi connectivity index (χ4v) is 2.84. The van der Waals surface area contributed by atoms with Crippen LogP contribution in [0.2, 0.25) is 5.02 Å². The van der Waals surface area contributed by atoms with E-state index in [9.17, 15) is 0 Å². The van der Waals surface area contributed by atoms with Crippen molar-refractivity contribution in [3.05, 3.63) is 28.8 Å². The number of nitrogens with one attached hydrogen (secondary N) is 1. The summed E-state index contributed by atoms with van der Waals surface area (Å²) in [6, 6.07) is 6.18. The third-order valence-electron chi connectivity index (χ3n) is 3.55. The van der Waals surface area contributed by atoms with Crippen molar-refractivity contribution in [1.82, 2.24) is 5.32 Å². The number of halogens is 1. The van der Waals surface area contributed by atoms with E-state index >= 15 is 0 Å². The van der Waals surface area contributed by atoms with E-state index in [1.165, 1.54) is 5.56 Å². The van der Waals surface area contributed by atoms with Crippen LogP contribution in [-0.2, 0) is 16.0 Å². The van der Waals surface area contributed by atoms with Crippen LogP contribution >= 0.6 is 11.6 Å². The predicted molar refractivity (Wildman–Crippen MR) is 78.0 cm³/mol. The van der Waals surface area contributed by atoms with Crippen molar-refractivity contribution in [2.24, 2.45) is 0 Å². The molecule has 106 valence electrons. The molecular formula is C14H21ClN2O2. The number of nitrogens with zero attached hydrogens (tertiary/aromatic N) is 1. The van der Waals surface area contributed by atoms with Crippen molar-refractivity contribution in [1.29, 1.82) is 0 Å². The Morgan fingerprint density at radius 3 is 2.37 bits per heavy atom. The van der Waals surface area contributed by atoms with Crippen LogP contribution in [0.25, 0.3) is 0 Å². The van der Waals surface area contributed by atoms with Crippen LogP contribution < -0.4 is 10.2 Å². The minimum atomic E-state index is 0.0954. The van der Waals surface area contributed by atoms with E-state index in [1.54, 1.807) is 14.2 Å². The molecule has 19 heavy (non-hydrogen) atoms. The molecule has 5 heteroatoms. The lowest BCUT2D eigenvalue weighted by Crippen LogP contribution is -2.27. The number of rotatable bonds is 5. The first kappa shape index (κ1) is 14.6. The van der Waals surface area contributed by atoms with Gasteiger partial charge in [0.15, 0.2) is 0 Å². The molecule has 2 rings (SSSR count). The van der Waals surface area contributed by atoms with Gasteiger partial charge in [-0.25, -0.2) is 0 Å². The summed E-state index contributed by atoms with van der Waals surface area (Å²) in [5.41, 5.74) is 2.23. The van der Waals surface area contributed by atoms with Crippen LogP contribution in [0.1, 0.15) is 5.56 Å². The first-order valence-electron chi connectivity index (χ1n) is 6.43. The zero-order chi connectivity index (χ0) is 13.8. The minimum absolute atomic E-state index is 0.0954. The van der Waals surface area contributed by atoms with E-state index in [0.29, 0.717) is 0 Å². The lowest BCUT2D eigenvalue weighted by Gasteiger charge is -2.20. The van der Waals surface area contributed by atoms with Crippen molar-refractivity contribution in [3.63, 3.8) is 0 Å². The number of methoxy groups -OCH3 is 2. The van der Waals surface area contributed by atoms with Crippen LogP contribution in [0.4, 0.5) is 5.69 Å². The highest BCUT2D eigenvalue weighted by Gasteiger charge is 2.33. The number of anilines is 1. The zero-order valence-electron chi connectivity index (χ0n) is 11.6. The Balaban J connectivity index is 2.14. The summed E-state index contributed by atoms with van der Waals surface area (Å²) in [5.74, 6) is 0. The summed E-state index contributed by atoms with van der Waals surface area (Å²) < 4.78 is 10.9. The molecule has 1 saturated heterocycles. The van der Waals surface area contributed by atoms with Gasteiger partial charge in [-0.1, -0.05) is 17.7 Å². The maximum absolute atomic E-state index is 6.38. The number of ether oxygens (including phenoxy) is 2. The highest BCUT2D eigenvalue weighted by Crippen LogP contribution is 2.31. The Labute approximate surface area is 119 Å². The maximum atomic E-state index is 6.38. The van der Waals surface area contributed by atoms with Gasteiger partial charge < -0.3 is 19.7 Å². The highest BCUT2D eigenvalue weighted by atomic mass is 35.5. The SMILES string of the molecule is CNCc1ccc(N2CC(OC)C(OC)C2)c(Cl)c1. The molecule has 2 unspecified atom stereocenters. The number of hydrogen-bond donors (Lipinski definition) is 1. The molecule has 4 nitrogen and oxygen atoms in total. The summed E-state index contributed by atoms with van der Waals surface area (Å²) in [4.78, 5) is 2.22. The molecule has 0 amide bonds. The van der Waals surface area contributed by atoms with Gasteiger partial charge in [-0.2, -0.15) is 0 Å². The number of hydrogen-bond acceptors (Lipinski definition) is 4. The second-order valence-electron chi connectivity index (χ2n) is 4.77. The largest absolute Gasteiger partial charge is 0.377 e. The van der Waals surface area contributed by atoms with Gasteiger partial charge in [-0.15, -0.1) is 0 Å². The van der Waals surface area contributed by atoms with Crippen molar-refractivity contribution in [2.75, 3.05) is 39.3 Å². The van der Waals surface area contributed by atoms with Crippen LogP contribution in [0.3, 0.4) is 0 Å². The van der Waals surface area contributed by atoms with Crippen LogP contribution in [0, 0.1) is 0 Å². The molecule has 1 fully saturated rings. The Kier molecular flexibility index (Phi) is 5.05. The Morgan fingerprint density at radius 2 is 1.89 bits per heavy atom. The van der Waals surface area contributed by atoms with Gasteiger partial charge in [0, 0.05) is 33.9 Å². The summed E-state index contributed by atoms with van der Waals surface area (Å²) in [7, 11) is 5.37. The zero-order valence-corrected chi connectivity index (χ0v) is 12.4. The van der Waals surface area contributed by atoms with Gasteiger partial charge in [0.1, 0.15) is 12.2 Å². The van der Waals surface area contributed by atoms with Gasteiger partial charge in [-0.05, 0) is 24.7 Å². The molecule has 1 aromatic carbocycles. The van der Waals surface area contributed by atoms with Gasteiger partial charge in [0.05, 0.1) is 10.7 Å². The molecule has 1 aliphatic heterocycles. The molecule has 0 aliphatic carbocycles. The third-order valence-corrected chi connectivity index (χ3v) is 3.86. The fraction of sp³-hybridized carbons (Fsp3) is 0.571. The van der Waals surface area contributed by atoms with Gasteiger partial charge in [0.2, 0.25) is 0 Å². The first-order valence-corrected chi connectivity index (χ1v) is 6.81. The standard InChI is InChI=1S/C14H21ClN2O2/c1-16-7-10-4-5-12(11(15)6-10)17-8-13(18-2)14(9-17)19-3/h4-6,13-14,16H,7-9H2,1-3H3. The lowest BCUT2D eigenvalue weighted by atomic mass is 10.2. The molecule has 0 radical (unpaired) electrons. The average molecular weight is 285 g/mol. The minimum Gasteiger partial charge on any atom is -0.377 e. The number of benzene rings is 1. The van der Waals surface area contributed by atoms with E-state index < -0.39 is 0 Å². The van der Waals surface area contributed by atoms with Gasteiger partial charge in [-0.3, -0.25) is 0 Å². The molecule has 1 aliphatic rings. The Hall–Kier alpha value is -0.810. The van der Waals surface area contributed by atoms with E-state index in [4.69, 9.17) is 21.1 Å². The second kappa shape index (κ2) is 6.57. The highest BCUT2D eigenvalue weighted by molar-refractivity contribution is 6.33. The lowest BCUT2D eigenvalue weighted by molar-refractivity contribution is -0.00461. The monoisotopic (exact) mass is 284 g/mol. The molecule has 1 N–H and O–H groups in total. The fourth-order valence-electron chi connectivity index (χ4n) is 2.51. The Morgan fingerprint density at radius 1 is 1.26 bits per heavy atom. The summed E-state index contributed by atoms with van der Waals surface area (Å²) >= 11 is 6.38.